The maximum absolute atomic E-state index is 3.34. The average Bonchev–Trinajstić information content (AvgIpc) is 1.23. The highest BCUT2D eigenvalue weighted by molar-refractivity contribution is 5.85. The predicted molar refractivity (Wildman–Crippen MR) is 38.5 cm³/mol. The van der Waals surface area contributed by atoms with E-state index >= 15 is 0 Å². The molecule has 1 aliphatic rings. The lowest BCUT2D eigenvalue weighted by Gasteiger charge is -2.30. The molecule has 1 unspecified atom stereocenters. The molecule has 0 radical (unpaired) electrons. The molecule has 1 nitrogen and oxygen atoms in total. The molecule has 0 aliphatic carbocycles. The molecule has 2 heteroatoms. The lowest BCUT2D eigenvalue weighted by Crippen LogP contribution is -2.46. The van der Waals surface area contributed by atoms with Crippen molar-refractivity contribution in [2.24, 2.45) is 5.92 Å². The third kappa shape index (κ3) is 1.64. The fourth-order valence-corrected chi connectivity index (χ4v) is 0.880. The molecular formula is C6H14ClN. The van der Waals surface area contributed by atoms with E-state index in [2.05, 4.69) is 19.2 Å². The molecule has 1 N–H and O–H groups in total. The van der Waals surface area contributed by atoms with Crippen molar-refractivity contribution < 1.29 is 0 Å². The van der Waals surface area contributed by atoms with Crippen molar-refractivity contribution >= 4 is 12.4 Å². The van der Waals surface area contributed by atoms with Gasteiger partial charge in [-0.15, -0.1) is 12.4 Å². The van der Waals surface area contributed by atoms with Gasteiger partial charge >= 0.3 is 0 Å². The third-order valence-corrected chi connectivity index (χ3v) is 1.67. The van der Waals surface area contributed by atoms with Crippen LogP contribution in [-0.4, -0.2) is 12.6 Å². The van der Waals surface area contributed by atoms with Crippen molar-refractivity contribution in [2.75, 3.05) is 6.54 Å². The number of hydrogen-bond acceptors (Lipinski definition) is 1. The standard InChI is InChI=1S/C6H13N.ClH/c1-5(2)6-3-4-7-6;/h5-7H,3-4H2,1-2H3;1H. The largest absolute Gasteiger partial charge is 0.314 e. The molecule has 1 aliphatic heterocycles. The highest BCUT2D eigenvalue weighted by Gasteiger charge is 2.18. The summed E-state index contributed by atoms with van der Waals surface area (Å²) in [6.07, 6.45) is 1.39. The van der Waals surface area contributed by atoms with Crippen LogP contribution in [0.1, 0.15) is 20.3 Å². The van der Waals surface area contributed by atoms with Crippen LogP contribution in [0.25, 0.3) is 0 Å². The summed E-state index contributed by atoms with van der Waals surface area (Å²) < 4.78 is 0. The number of rotatable bonds is 1. The Labute approximate surface area is 57.3 Å². The van der Waals surface area contributed by atoms with E-state index in [9.17, 15) is 0 Å². The highest BCUT2D eigenvalue weighted by Crippen LogP contribution is 2.11. The van der Waals surface area contributed by atoms with Gasteiger partial charge in [0.1, 0.15) is 0 Å². The zero-order valence-electron chi connectivity index (χ0n) is 5.48. The Morgan fingerprint density at radius 2 is 2.00 bits per heavy atom. The number of hydrogen-bond donors (Lipinski definition) is 1. The van der Waals surface area contributed by atoms with Gasteiger partial charge in [0.25, 0.3) is 0 Å². The van der Waals surface area contributed by atoms with Gasteiger partial charge in [0, 0.05) is 6.04 Å². The lowest BCUT2D eigenvalue weighted by molar-refractivity contribution is 0.291. The van der Waals surface area contributed by atoms with E-state index in [0.717, 1.165) is 12.0 Å². The molecule has 1 heterocycles. The summed E-state index contributed by atoms with van der Waals surface area (Å²) >= 11 is 0. The van der Waals surface area contributed by atoms with Crippen molar-refractivity contribution in [1.82, 2.24) is 5.32 Å². The molecule has 0 bridgehead atoms. The molecule has 1 atom stereocenters. The average molecular weight is 136 g/mol. The molecular weight excluding hydrogens is 122 g/mol. The van der Waals surface area contributed by atoms with Crippen LogP contribution in [-0.2, 0) is 0 Å². The van der Waals surface area contributed by atoms with Crippen LogP contribution in [0, 0.1) is 5.92 Å². The summed E-state index contributed by atoms with van der Waals surface area (Å²) in [5.41, 5.74) is 0. The second kappa shape index (κ2) is 3.31. The molecule has 0 aromatic heterocycles. The Kier molecular flexibility index (Phi) is 3.41. The van der Waals surface area contributed by atoms with E-state index in [1.807, 2.05) is 0 Å². The zero-order chi connectivity index (χ0) is 5.28. The first-order valence-electron chi connectivity index (χ1n) is 3.04. The molecule has 1 fully saturated rings. The first-order chi connectivity index (χ1) is 3.30. The quantitative estimate of drug-likeness (QED) is 0.574. The summed E-state index contributed by atoms with van der Waals surface area (Å²) in [4.78, 5) is 0. The molecule has 0 aromatic rings. The van der Waals surface area contributed by atoms with Crippen LogP contribution < -0.4 is 5.32 Å². The maximum Gasteiger partial charge on any atom is 0.0102 e. The van der Waals surface area contributed by atoms with Crippen molar-refractivity contribution in [3.05, 3.63) is 0 Å². The summed E-state index contributed by atoms with van der Waals surface area (Å²) in [6, 6.07) is 0.833. The van der Waals surface area contributed by atoms with E-state index in [0.29, 0.717) is 0 Å². The molecule has 0 saturated carbocycles. The van der Waals surface area contributed by atoms with Crippen LogP contribution in [0.5, 0.6) is 0 Å². The van der Waals surface area contributed by atoms with Gasteiger partial charge in [0.2, 0.25) is 0 Å². The Bertz CT molecular complexity index is 59.5. The Morgan fingerprint density at radius 1 is 1.50 bits per heavy atom. The molecule has 0 aromatic carbocycles. The van der Waals surface area contributed by atoms with Gasteiger partial charge in [-0.05, 0) is 18.9 Å². The van der Waals surface area contributed by atoms with Gasteiger partial charge < -0.3 is 5.32 Å². The zero-order valence-corrected chi connectivity index (χ0v) is 6.29. The van der Waals surface area contributed by atoms with Gasteiger partial charge in [-0.2, -0.15) is 0 Å². The Balaban J connectivity index is 0.000000490. The fraction of sp³-hybridized carbons (Fsp3) is 1.00. The van der Waals surface area contributed by atoms with Crippen LogP contribution in [0.4, 0.5) is 0 Å². The van der Waals surface area contributed by atoms with E-state index in [1.165, 1.54) is 13.0 Å². The third-order valence-electron chi connectivity index (χ3n) is 1.67. The van der Waals surface area contributed by atoms with Crippen LogP contribution >= 0.6 is 12.4 Å². The Hall–Kier alpha value is 0.250. The number of nitrogens with one attached hydrogen (secondary N) is 1. The molecule has 0 spiro atoms. The molecule has 1 saturated heterocycles. The van der Waals surface area contributed by atoms with Gasteiger partial charge in [-0.3, -0.25) is 0 Å². The van der Waals surface area contributed by atoms with E-state index in [1.54, 1.807) is 0 Å². The minimum absolute atomic E-state index is 0. The van der Waals surface area contributed by atoms with E-state index < -0.39 is 0 Å². The molecule has 50 valence electrons. The summed E-state index contributed by atoms with van der Waals surface area (Å²) in [6.45, 7) is 5.76. The van der Waals surface area contributed by atoms with E-state index in [-0.39, 0.29) is 12.4 Å². The SMILES string of the molecule is CC(C)C1CCN1.Cl. The topological polar surface area (TPSA) is 12.0 Å². The second-order valence-electron chi connectivity index (χ2n) is 2.59. The summed E-state index contributed by atoms with van der Waals surface area (Å²) in [5, 5.41) is 3.34. The summed E-state index contributed by atoms with van der Waals surface area (Å²) in [5.74, 6) is 0.841. The van der Waals surface area contributed by atoms with Crippen molar-refractivity contribution in [3.63, 3.8) is 0 Å². The van der Waals surface area contributed by atoms with Gasteiger partial charge in [-0.1, -0.05) is 13.8 Å². The predicted octanol–water partition coefficient (Wildman–Crippen LogP) is 1.43. The van der Waals surface area contributed by atoms with Gasteiger partial charge in [0.15, 0.2) is 0 Å². The number of halogens is 1. The lowest BCUT2D eigenvalue weighted by atomic mass is 9.95. The highest BCUT2D eigenvalue weighted by atomic mass is 35.5. The van der Waals surface area contributed by atoms with Gasteiger partial charge in [0.05, 0.1) is 0 Å². The normalized spacial score (nSPS) is 26.6. The fourth-order valence-electron chi connectivity index (χ4n) is 0.880. The van der Waals surface area contributed by atoms with Crippen LogP contribution in [0.15, 0.2) is 0 Å². The first kappa shape index (κ1) is 8.25. The van der Waals surface area contributed by atoms with Crippen molar-refractivity contribution in [3.8, 4) is 0 Å². The maximum atomic E-state index is 3.34. The first-order valence-corrected chi connectivity index (χ1v) is 3.04. The molecule has 0 amide bonds. The van der Waals surface area contributed by atoms with Crippen molar-refractivity contribution in [1.29, 1.82) is 0 Å². The van der Waals surface area contributed by atoms with Gasteiger partial charge in [-0.25, -0.2) is 0 Å². The van der Waals surface area contributed by atoms with Crippen molar-refractivity contribution in [2.45, 2.75) is 26.3 Å². The minimum atomic E-state index is 0. The summed E-state index contributed by atoms with van der Waals surface area (Å²) in [7, 11) is 0. The minimum Gasteiger partial charge on any atom is -0.314 e. The molecule has 8 heavy (non-hydrogen) atoms. The smallest absolute Gasteiger partial charge is 0.0102 e. The second-order valence-corrected chi connectivity index (χ2v) is 2.59. The monoisotopic (exact) mass is 135 g/mol. The van der Waals surface area contributed by atoms with E-state index in [4.69, 9.17) is 0 Å². The molecule has 1 rings (SSSR count). The van der Waals surface area contributed by atoms with Crippen LogP contribution in [0.3, 0.4) is 0 Å². The van der Waals surface area contributed by atoms with Crippen LogP contribution in [0.2, 0.25) is 0 Å². The Morgan fingerprint density at radius 3 is 2.00 bits per heavy atom.